The molecule has 1 heterocycles. The van der Waals surface area contributed by atoms with E-state index in [9.17, 15) is 4.79 Å². The number of nitrogens with zero attached hydrogens (tertiary/aromatic N) is 1. The van der Waals surface area contributed by atoms with Gasteiger partial charge in [-0.25, -0.2) is 4.79 Å². The summed E-state index contributed by atoms with van der Waals surface area (Å²) in [6.07, 6.45) is 0.224. The molecule has 0 aliphatic carbocycles. The van der Waals surface area contributed by atoms with E-state index in [-0.39, 0.29) is 0 Å². The molecule has 0 aliphatic heterocycles. The number of hydrogen-bond donors (Lipinski definition) is 3. The molecule has 0 bridgehead atoms. The van der Waals surface area contributed by atoms with E-state index in [1.54, 1.807) is 0 Å². The number of anilines is 1. The van der Waals surface area contributed by atoms with E-state index in [1.807, 2.05) is 0 Å². The van der Waals surface area contributed by atoms with Gasteiger partial charge in [0.1, 0.15) is 5.82 Å². The van der Waals surface area contributed by atoms with Crippen molar-refractivity contribution in [2.45, 2.75) is 0 Å². The minimum Gasteiger partial charge on any atom is -0.463 e. The van der Waals surface area contributed by atoms with Crippen LogP contribution < -0.4 is 5.73 Å². The largest absolute Gasteiger partial charge is 0.463 e. The lowest BCUT2D eigenvalue weighted by molar-refractivity contribution is 0.191. The SMILES string of the molecule is Nc1cn(C(=O)O)[nH]1. The quantitative estimate of drug-likeness (QED) is 0.442. The molecule has 0 saturated carbocycles. The van der Waals surface area contributed by atoms with Crippen molar-refractivity contribution in [1.29, 1.82) is 0 Å². The van der Waals surface area contributed by atoms with Crippen molar-refractivity contribution in [1.82, 2.24) is 9.78 Å². The highest BCUT2D eigenvalue weighted by molar-refractivity contribution is 5.68. The Morgan fingerprint density at radius 2 is 2.50 bits per heavy atom. The number of nitrogens with one attached hydrogen (secondary N) is 1. The Morgan fingerprint density at radius 3 is 2.62 bits per heavy atom. The third-order valence-electron chi connectivity index (χ3n) is 0.724. The number of carboxylic acid groups (broad SMARTS) is 1. The van der Waals surface area contributed by atoms with Crippen molar-refractivity contribution in [3.63, 3.8) is 0 Å². The van der Waals surface area contributed by atoms with Crippen LogP contribution in [-0.2, 0) is 0 Å². The minimum atomic E-state index is -1.06. The standard InChI is InChI=1S/C3H5N3O2/c4-2-1-6(5-2)3(7)8/h1,5H,4H2,(H,7,8). The summed E-state index contributed by atoms with van der Waals surface area (Å²) in [5.41, 5.74) is 5.05. The predicted octanol–water partition coefficient (Wildman–Crippen LogP) is -0.0755. The third-order valence-corrected chi connectivity index (χ3v) is 0.724. The number of hydrogen-bond acceptors (Lipinski definition) is 2. The van der Waals surface area contributed by atoms with Crippen LogP contribution in [0.4, 0.5) is 10.6 Å². The van der Waals surface area contributed by atoms with Gasteiger partial charge in [-0.15, -0.1) is 0 Å². The minimum absolute atomic E-state index is 0.368. The van der Waals surface area contributed by atoms with Crippen LogP contribution in [-0.4, -0.2) is 21.0 Å². The van der Waals surface area contributed by atoms with E-state index < -0.39 is 6.09 Å². The average Bonchev–Trinajstić information content (AvgIpc) is 1.57. The van der Waals surface area contributed by atoms with Gasteiger partial charge < -0.3 is 10.8 Å². The van der Waals surface area contributed by atoms with Crippen molar-refractivity contribution < 1.29 is 9.90 Å². The first-order valence-electron chi connectivity index (χ1n) is 1.96. The Morgan fingerprint density at radius 1 is 2.00 bits per heavy atom. The number of aromatic nitrogens is 2. The number of rotatable bonds is 0. The van der Waals surface area contributed by atoms with E-state index in [0.717, 1.165) is 4.68 Å². The molecule has 4 N–H and O–H groups in total. The summed E-state index contributed by atoms with van der Waals surface area (Å²) >= 11 is 0. The Bertz CT molecular complexity index is 187. The molecule has 0 radical (unpaired) electrons. The molecule has 0 spiro atoms. The maximum atomic E-state index is 9.89. The fourth-order valence-corrected chi connectivity index (χ4v) is 0.376. The van der Waals surface area contributed by atoms with Crippen molar-refractivity contribution >= 4 is 11.9 Å². The maximum Gasteiger partial charge on any atom is 0.430 e. The molecule has 0 amide bonds. The van der Waals surface area contributed by atoms with Crippen LogP contribution in [0.1, 0.15) is 0 Å². The summed E-state index contributed by atoms with van der Waals surface area (Å²) in [6, 6.07) is 0. The number of nitrogens with two attached hydrogens (primary N) is 1. The maximum absolute atomic E-state index is 9.89. The van der Waals surface area contributed by atoms with E-state index >= 15 is 0 Å². The molecule has 5 nitrogen and oxygen atoms in total. The van der Waals surface area contributed by atoms with Gasteiger partial charge in [-0.2, -0.15) is 4.68 Å². The molecular formula is C3H5N3O2. The Labute approximate surface area is 44.7 Å². The molecule has 0 unspecified atom stereocenters. The zero-order chi connectivity index (χ0) is 6.15. The molecule has 5 heteroatoms. The van der Waals surface area contributed by atoms with Crippen LogP contribution >= 0.6 is 0 Å². The summed E-state index contributed by atoms with van der Waals surface area (Å²) < 4.78 is 0.870. The molecular weight excluding hydrogens is 110 g/mol. The first-order valence-corrected chi connectivity index (χ1v) is 1.96. The number of nitrogen functional groups attached to an aromatic ring is 1. The number of carbonyl (C=O) groups is 1. The first-order chi connectivity index (χ1) is 3.70. The van der Waals surface area contributed by atoms with Gasteiger partial charge >= 0.3 is 6.09 Å². The second-order valence-electron chi connectivity index (χ2n) is 1.35. The molecule has 0 aromatic carbocycles. The van der Waals surface area contributed by atoms with Crippen molar-refractivity contribution in [2.75, 3.05) is 5.73 Å². The van der Waals surface area contributed by atoms with Crippen LogP contribution in [0.3, 0.4) is 0 Å². The van der Waals surface area contributed by atoms with Gasteiger partial charge in [-0.3, -0.25) is 5.10 Å². The van der Waals surface area contributed by atoms with Gasteiger partial charge in [-0.1, -0.05) is 0 Å². The highest BCUT2D eigenvalue weighted by atomic mass is 16.4. The fourth-order valence-electron chi connectivity index (χ4n) is 0.376. The normalized spacial score (nSPS) is 9.50. The van der Waals surface area contributed by atoms with Gasteiger partial charge in [0, 0.05) is 0 Å². The molecule has 0 atom stereocenters. The van der Waals surface area contributed by atoms with E-state index in [2.05, 4.69) is 5.10 Å². The number of H-pyrrole nitrogens is 1. The molecule has 44 valence electrons. The van der Waals surface area contributed by atoms with E-state index in [1.165, 1.54) is 6.20 Å². The van der Waals surface area contributed by atoms with Gasteiger partial charge in [0.25, 0.3) is 0 Å². The lowest BCUT2D eigenvalue weighted by Crippen LogP contribution is -2.18. The highest BCUT2D eigenvalue weighted by Crippen LogP contribution is 1.95. The highest BCUT2D eigenvalue weighted by Gasteiger charge is 2.01. The van der Waals surface area contributed by atoms with Crippen molar-refractivity contribution in [3.05, 3.63) is 6.20 Å². The summed E-state index contributed by atoms with van der Waals surface area (Å²) in [6.45, 7) is 0. The van der Waals surface area contributed by atoms with Gasteiger partial charge in [-0.05, 0) is 0 Å². The van der Waals surface area contributed by atoms with Crippen LogP contribution in [0.2, 0.25) is 0 Å². The zero-order valence-corrected chi connectivity index (χ0v) is 3.96. The molecule has 8 heavy (non-hydrogen) atoms. The summed E-state index contributed by atoms with van der Waals surface area (Å²) in [5.74, 6) is 0.368. The van der Waals surface area contributed by atoms with Crippen LogP contribution in [0, 0.1) is 0 Å². The molecule has 1 rings (SSSR count). The monoisotopic (exact) mass is 115 g/mol. The Hall–Kier alpha value is -1.39. The Kier molecular flexibility index (Phi) is 0.768. The molecule has 0 fully saturated rings. The number of aromatic amines is 1. The average molecular weight is 115 g/mol. The summed E-state index contributed by atoms with van der Waals surface area (Å²) in [7, 11) is 0. The fraction of sp³-hybridized carbons (Fsp3) is 0. The van der Waals surface area contributed by atoms with Gasteiger partial charge in [0.15, 0.2) is 0 Å². The smallest absolute Gasteiger partial charge is 0.430 e. The molecule has 0 saturated heterocycles. The second-order valence-corrected chi connectivity index (χ2v) is 1.35. The van der Waals surface area contributed by atoms with Crippen molar-refractivity contribution in [3.8, 4) is 0 Å². The lowest BCUT2D eigenvalue weighted by Gasteiger charge is -2.05. The van der Waals surface area contributed by atoms with Gasteiger partial charge in [0.05, 0.1) is 6.20 Å². The Balaban J connectivity index is 2.73. The lowest BCUT2D eigenvalue weighted by atomic mass is 10.7. The van der Waals surface area contributed by atoms with Gasteiger partial charge in [0.2, 0.25) is 0 Å². The topological polar surface area (TPSA) is 84.0 Å². The van der Waals surface area contributed by atoms with Crippen LogP contribution in [0.5, 0.6) is 0 Å². The van der Waals surface area contributed by atoms with Crippen LogP contribution in [0.25, 0.3) is 0 Å². The zero-order valence-electron chi connectivity index (χ0n) is 3.96. The predicted molar refractivity (Wildman–Crippen MR) is 26.6 cm³/mol. The second kappa shape index (κ2) is 1.29. The van der Waals surface area contributed by atoms with E-state index in [0.29, 0.717) is 5.82 Å². The molecule has 1 aromatic rings. The summed E-state index contributed by atoms with van der Waals surface area (Å²) in [4.78, 5) is 9.89. The van der Waals surface area contributed by atoms with E-state index in [4.69, 9.17) is 10.8 Å². The van der Waals surface area contributed by atoms with Crippen molar-refractivity contribution in [2.24, 2.45) is 0 Å². The third kappa shape index (κ3) is 0.534. The molecule has 1 aromatic heterocycles. The first kappa shape index (κ1) is 4.76. The van der Waals surface area contributed by atoms with Crippen LogP contribution in [0.15, 0.2) is 6.20 Å². The molecule has 0 aliphatic rings. The summed E-state index contributed by atoms with van der Waals surface area (Å²) in [5, 5.41) is 10.4.